The van der Waals surface area contributed by atoms with E-state index in [1.165, 1.54) is 38.5 Å². The Morgan fingerprint density at radius 2 is 1.63 bits per heavy atom. The van der Waals surface area contributed by atoms with Crippen molar-refractivity contribution in [3.05, 3.63) is 0 Å². The summed E-state index contributed by atoms with van der Waals surface area (Å²) in [5, 5.41) is 10.9. The third kappa shape index (κ3) is 2.74. The third-order valence-corrected chi connectivity index (χ3v) is 10.2. The van der Waals surface area contributed by atoms with Crippen LogP contribution in [0, 0.1) is 53.3 Å². The van der Waals surface area contributed by atoms with E-state index in [9.17, 15) is 9.90 Å². The lowest BCUT2D eigenvalue weighted by molar-refractivity contribution is -0.212. The van der Waals surface area contributed by atoms with Crippen LogP contribution in [0.25, 0.3) is 0 Å². The van der Waals surface area contributed by atoms with Crippen LogP contribution in [0.1, 0.15) is 78.6 Å². The molecule has 3 heteroatoms. The summed E-state index contributed by atoms with van der Waals surface area (Å²) in [5.41, 5.74) is -0.222. The van der Waals surface area contributed by atoms with E-state index >= 15 is 0 Å². The lowest BCUT2D eigenvalue weighted by atomic mass is 9.49. The zero-order chi connectivity index (χ0) is 18.9. The number of esters is 1. The second kappa shape index (κ2) is 6.47. The number of rotatable bonds is 5. The van der Waals surface area contributed by atoms with Crippen LogP contribution in [0.4, 0.5) is 0 Å². The van der Waals surface area contributed by atoms with E-state index in [4.69, 9.17) is 4.74 Å². The predicted octanol–water partition coefficient (Wildman–Crippen LogP) is 4.81. The topological polar surface area (TPSA) is 46.5 Å². The number of hydrogen-bond donors (Lipinski definition) is 1. The van der Waals surface area contributed by atoms with Crippen molar-refractivity contribution in [2.45, 2.75) is 90.3 Å². The first-order valence-corrected chi connectivity index (χ1v) is 11.8. The van der Waals surface area contributed by atoms with Gasteiger partial charge in [0, 0.05) is 0 Å². The quantitative estimate of drug-likeness (QED) is 0.702. The average Bonchev–Trinajstić information content (AvgIpc) is 3.18. The van der Waals surface area contributed by atoms with Gasteiger partial charge in [0.2, 0.25) is 0 Å². The number of aliphatic hydroxyl groups is 1. The van der Waals surface area contributed by atoms with Crippen LogP contribution in [0.5, 0.6) is 0 Å². The highest BCUT2D eigenvalue weighted by Crippen LogP contribution is 2.61. The molecule has 1 N–H and O–H groups in total. The molecule has 6 atom stereocenters. The summed E-state index contributed by atoms with van der Waals surface area (Å²) < 4.78 is 6.32. The maximum absolute atomic E-state index is 12.9. The molecule has 6 aliphatic carbocycles. The van der Waals surface area contributed by atoms with E-state index in [1.54, 1.807) is 0 Å². The van der Waals surface area contributed by atoms with E-state index < -0.39 is 6.10 Å². The summed E-state index contributed by atoms with van der Waals surface area (Å²) in [6.07, 6.45) is 9.49. The monoisotopic (exact) mass is 374 g/mol. The Labute approximate surface area is 164 Å². The van der Waals surface area contributed by atoms with Crippen LogP contribution in [-0.4, -0.2) is 22.8 Å². The molecule has 0 aliphatic heterocycles. The van der Waals surface area contributed by atoms with E-state index in [-0.39, 0.29) is 18.0 Å². The Morgan fingerprint density at radius 1 is 1.00 bits per heavy atom. The van der Waals surface area contributed by atoms with Crippen molar-refractivity contribution in [3.8, 4) is 0 Å². The van der Waals surface area contributed by atoms with Crippen LogP contribution in [0.3, 0.4) is 0 Å². The zero-order valence-corrected chi connectivity index (χ0v) is 17.4. The van der Waals surface area contributed by atoms with Gasteiger partial charge in [-0.25, -0.2) is 0 Å². The van der Waals surface area contributed by atoms with Gasteiger partial charge in [0.25, 0.3) is 0 Å². The Balaban J connectivity index is 1.24. The highest BCUT2D eigenvalue weighted by atomic mass is 16.6. The van der Waals surface area contributed by atoms with Crippen molar-refractivity contribution in [1.29, 1.82) is 0 Å². The van der Waals surface area contributed by atoms with Crippen molar-refractivity contribution >= 4 is 5.97 Å². The summed E-state index contributed by atoms with van der Waals surface area (Å²) in [6.45, 7) is 6.92. The number of carbonyl (C=O) groups is 1. The Bertz CT molecular complexity index is 568. The Morgan fingerprint density at radius 3 is 2.15 bits per heavy atom. The van der Waals surface area contributed by atoms with Gasteiger partial charge < -0.3 is 9.84 Å². The molecule has 0 aromatic carbocycles. The van der Waals surface area contributed by atoms with Crippen molar-refractivity contribution in [2.24, 2.45) is 53.3 Å². The molecule has 3 nitrogen and oxygen atoms in total. The third-order valence-electron chi connectivity index (χ3n) is 10.2. The molecular weight excluding hydrogens is 336 g/mol. The van der Waals surface area contributed by atoms with Gasteiger partial charge in [0.05, 0.1) is 12.5 Å². The van der Waals surface area contributed by atoms with Crippen LogP contribution in [0.15, 0.2) is 0 Å². The molecule has 0 aromatic heterocycles. The number of aliphatic hydroxyl groups excluding tert-OH is 1. The molecule has 0 aromatic rings. The number of carbonyl (C=O) groups excluding carboxylic acids is 1. The molecule has 6 saturated carbocycles. The van der Waals surface area contributed by atoms with E-state index in [2.05, 4.69) is 20.8 Å². The van der Waals surface area contributed by atoms with Gasteiger partial charge in [-0.2, -0.15) is 0 Å². The van der Waals surface area contributed by atoms with Crippen LogP contribution < -0.4 is 0 Å². The minimum atomic E-state index is -0.506. The molecule has 6 fully saturated rings. The first-order chi connectivity index (χ1) is 12.9. The molecule has 0 spiro atoms. The van der Waals surface area contributed by atoms with Crippen LogP contribution in [0.2, 0.25) is 0 Å². The highest BCUT2D eigenvalue weighted by molar-refractivity contribution is 5.70. The summed E-state index contributed by atoms with van der Waals surface area (Å²) in [5.74, 6) is 5.92. The minimum absolute atomic E-state index is 0.125. The summed E-state index contributed by atoms with van der Waals surface area (Å²) in [4.78, 5) is 12.9. The summed E-state index contributed by atoms with van der Waals surface area (Å²) >= 11 is 0. The molecular formula is C24H38O3. The van der Waals surface area contributed by atoms with Gasteiger partial charge in [0.1, 0.15) is 5.60 Å². The fourth-order valence-corrected chi connectivity index (χ4v) is 8.81. The van der Waals surface area contributed by atoms with Crippen molar-refractivity contribution in [1.82, 2.24) is 0 Å². The predicted molar refractivity (Wildman–Crippen MR) is 105 cm³/mol. The minimum Gasteiger partial charge on any atom is -0.458 e. The van der Waals surface area contributed by atoms with E-state index in [1.807, 2.05) is 0 Å². The zero-order valence-electron chi connectivity index (χ0n) is 17.4. The number of fused-ring (bicyclic) bond motifs is 2. The highest BCUT2D eigenvalue weighted by Gasteiger charge is 2.59. The first-order valence-electron chi connectivity index (χ1n) is 11.8. The SMILES string of the molecule is CCC1(OC(=O)CC(O)C2CC3CC2C(C)C3C)C2CC3CC(C2)CC1C3. The lowest BCUT2D eigenvalue weighted by Crippen LogP contribution is -2.59. The molecule has 6 unspecified atom stereocenters. The fourth-order valence-electron chi connectivity index (χ4n) is 8.81. The van der Waals surface area contributed by atoms with E-state index in [0.717, 1.165) is 36.5 Å². The van der Waals surface area contributed by atoms with Crippen molar-refractivity contribution in [2.75, 3.05) is 0 Å². The number of ether oxygens (including phenoxy) is 1. The molecule has 0 heterocycles. The van der Waals surface area contributed by atoms with E-state index in [0.29, 0.717) is 29.6 Å². The standard InChI is InChI=1S/C24H38O3/c1-4-24(18-6-15-5-16(8-18)9-19(24)7-15)27-23(26)12-22(25)21-11-17-10-20(21)14(3)13(17)2/h13-22,25H,4-12H2,1-3H3. The Kier molecular flexibility index (Phi) is 4.42. The van der Waals surface area contributed by atoms with Crippen molar-refractivity contribution < 1.29 is 14.6 Å². The second-order valence-corrected chi connectivity index (χ2v) is 11.1. The molecule has 27 heavy (non-hydrogen) atoms. The van der Waals surface area contributed by atoms with Gasteiger partial charge >= 0.3 is 5.97 Å². The largest absolute Gasteiger partial charge is 0.458 e. The van der Waals surface area contributed by atoms with Gasteiger partial charge in [-0.3, -0.25) is 4.79 Å². The van der Waals surface area contributed by atoms with Gasteiger partial charge in [-0.15, -0.1) is 0 Å². The van der Waals surface area contributed by atoms with Gasteiger partial charge in [-0.05, 0) is 105 Å². The molecule has 152 valence electrons. The van der Waals surface area contributed by atoms with Crippen LogP contribution in [-0.2, 0) is 9.53 Å². The van der Waals surface area contributed by atoms with Gasteiger partial charge in [0.15, 0.2) is 0 Å². The molecule has 0 radical (unpaired) electrons. The second-order valence-electron chi connectivity index (χ2n) is 11.1. The molecule has 0 amide bonds. The Hall–Kier alpha value is -0.570. The van der Waals surface area contributed by atoms with Crippen molar-refractivity contribution in [3.63, 3.8) is 0 Å². The van der Waals surface area contributed by atoms with Gasteiger partial charge in [-0.1, -0.05) is 20.8 Å². The maximum atomic E-state index is 12.9. The summed E-state index contributed by atoms with van der Waals surface area (Å²) in [6, 6.07) is 0. The average molecular weight is 375 g/mol. The molecule has 0 saturated heterocycles. The first kappa shape index (κ1) is 18.5. The maximum Gasteiger partial charge on any atom is 0.308 e. The fraction of sp³-hybridized carbons (Fsp3) is 0.958. The lowest BCUT2D eigenvalue weighted by Gasteiger charge is -2.60. The smallest absolute Gasteiger partial charge is 0.308 e. The summed E-state index contributed by atoms with van der Waals surface area (Å²) in [7, 11) is 0. The molecule has 6 bridgehead atoms. The van der Waals surface area contributed by atoms with Crippen LogP contribution >= 0.6 is 0 Å². The normalized spacial score (nSPS) is 53.7. The number of hydrogen-bond acceptors (Lipinski definition) is 3. The molecule has 6 aliphatic rings. The molecule has 6 rings (SSSR count).